The second-order valence-corrected chi connectivity index (χ2v) is 7.06. The average Bonchev–Trinajstić information content (AvgIpc) is 3.42. The molecule has 0 spiro atoms. The highest BCUT2D eigenvalue weighted by atomic mass is 16.3. The number of para-hydroxylation sites is 2. The first-order valence-corrected chi connectivity index (χ1v) is 9.83. The summed E-state index contributed by atoms with van der Waals surface area (Å²) in [6, 6.07) is 19.4. The molecule has 2 aromatic heterocycles. The van der Waals surface area contributed by atoms with Crippen molar-refractivity contribution in [1.29, 1.82) is 0 Å². The summed E-state index contributed by atoms with van der Waals surface area (Å²) in [4.78, 5) is 25.3. The minimum atomic E-state index is -0.286. The van der Waals surface area contributed by atoms with Gasteiger partial charge in [-0.15, -0.1) is 0 Å². The van der Waals surface area contributed by atoms with Crippen molar-refractivity contribution in [3.8, 4) is 17.1 Å². The first kappa shape index (κ1) is 20.2. The van der Waals surface area contributed by atoms with Crippen LogP contribution in [0.5, 0.6) is 0 Å². The van der Waals surface area contributed by atoms with Crippen molar-refractivity contribution in [2.75, 3.05) is 20.6 Å². The van der Waals surface area contributed by atoms with Crippen molar-refractivity contribution in [1.82, 2.24) is 20.0 Å². The fraction of sp³-hybridized carbons (Fsp3) is 0.125. The van der Waals surface area contributed by atoms with Gasteiger partial charge in [0.15, 0.2) is 5.76 Å². The van der Waals surface area contributed by atoms with Crippen LogP contribution < -0.4 is 5.32 Å². The molecule has 0 atom stereocenters. The standard InChI is InChI=1S/C24H22N4O3/c1-25-22(29)16-27(2)23(30)13-12-18-15-28(19-9-4-3-5-10-19)26-24(18)21-14-17-8-6-7-11-20(17)31-21/h3-15H,16H2,1-2H3,(H,25,29)/b13-12+. The van der Waals surface area contributed by atoms with E-state index in [0.717, 1.165) is 22.2 Å². The lowest BCUT2D eigenvalue weighted by molar-refractivity contribution is -0.130. The van der Waals surface area contributed by atoms with Crippen LogP contribution in [0.15, 0.2) is 77.4 Å². The highest BCUT2D eigenvalue weighted by Crippen LogP contribution is 2.30. The summed E-state index contributed by atoms with van der Waals surface area (Å²) < 4.78 is 7.76. The van der Waals surface area contributed by atoms with Gasteiger partial charge in [0.1, 0.15) is 11.3 Å². The minimum Gasteiger partial charge on any atom is -0.454 e. The van der Waals surface area contributed by atoms with Gasteiger partial charge in [-0.3, -0.25) is 9.59 Å². The third-order valence-electron chi connectivity index (χ3n) is 4.86. The zero-order valence-corrected chi connectivity index (χ0v) is 17.3. The Morgan fingerprint density at radius 3 is 2.61 bits per heavy atom. The summed E-state index contributed by atoms with van der Waals surface area (Å²) in [6.07, 6.45) is 4.97. The molecule has 0 aliphatic rings. The minimum absolute atomic E-state index is 0.0145. The number of hydrogen-bond donors (Lipinski definition) is 1. The number of nitrogens with one attached hydrogen (secondary N) is 1. The van der Waals surface area contributed by atoms with Gasteiger partial charge in [-0.05, 0) is 30.3 Å². The Labute approximate surface area is 179 Å². The van der Waals surface area contributed by atoms with Crippen LogP contribution in [0.1, 0.15) is 5.56 Å². The van der Waals surface area contributed by atoms with E-state index in [-0.39, 0.29) is 18.4 Å². The van der Waals surface area contributed by atoms with Crippen LogP contribution in [-0.4, -0.2) is 47.1 Å². The van der Waals surface area contributed by atoms with Gasteiger partial charge in [-0.1, -0.05) is 36.4 Å². The Bertz CT molecular complexity index is 1220. The molecule has 0 bridgehead atoms. The normalized spacial score (nSPS) is 11.2. The number of carbonyl (C=O) groups is 2. The Morgan fingerprint density at radius 1 is 1.13 bits per heavy atom. The summed E-state index contributed by atoms with van der Waals surface area (Å²) in [6.45, 7) is -0.0145. The molecule has 0 saturated heterocycles. The molecule has 156 valence electrons. The second-order valence-electron chi connectivity index (χ2n) is 7.06. The molecular formula is C24H22N4O3. The molecule has 4 rings (SSSR count). The molecule has 7 heteroatoms. The van der Waals surface area contributed by atoms with Crippen LogP contribution in [0.25, 0.3) is 34.2 Å². The lowest BCUT2D eigenvalue weighted by atomic mass is 10.1. The molecule has 0 aliphatic carbocycles. The maximum Gasteiger partial charge on any atom is 0.246 e. The Morgan fingerprint density at radius 2 is 1.87 bits per heavy atom. The van der Waals surface area contributed by atoms with E-state index in [1.807, 2.05) is 66.9 Å². The Hall–Kier alpha value is -4.13. The van der Waals surface area contributed by atoms with Gasteiger partial charge >= 0.3 is 0 Å². The molecule has 2 amide bonds. The number of aromatic nitrogens is 2. The van der Waals surface area contributed by atoms with Crippen LogP contribution >= 0.6 is 0 Å². The fourth-order valence-corrected chi connectivity index (χ4v) is 3.17. The smallest absolute Gasteiger partial charge is 0.246 e. The molecule has 4 aromatic rings. The molecular weight excluding hydrogens is 392 g/mol. The lowest BCUT2D eigenvalue weighted by Gasteiger charge is -2.13. The lowest BCUT2D eigenvalue weighted by Crippen LogP contribution is -2.35. The van der Waals surface area contributed by atoms with Gasteiger partial charge in [0.25, 0.3) is 0 Å². The fourth-order valence-electron chi connectivity index (χ4n) is 3.17. The number of carbonyl (C=O) groups excluding carboxylic acids is 2. The van der Waals surface area contributed by atoms with E-state index in [1.165, 1.54) is 18.0 Å². The van der Waals surface area contributed by atoms with E-state index in [9.17, 15) is 9.59 Å². The van der Waals surface area contributed by atoms with Crippen LogP contribution in [0.4, 0.5) is 0 Å². The Balaban J connectivity index is 1.71. The average molecular weight is 414 g/mol. The molecule has 0 saturated carbocycles. The van der Waals surface area contributed by atoms with Gasteiger partial charge in [0.2, 0.25) is 11.8 Å². The monoisotopic (exact) mass is 414 g/mol. The maximum atomic E-state index is 12.4. The zero-order chi connectivity index (χ0) is 21.8. The zero-order valence-electron chi connectivity index (χ0n) is 17.3. The molecule has 0 unspecified atom stereocenters. The van der Waals surface area contributed by atoms with Crippen molar-refractivity contribution in [3.63, 3.8) is 0 Å². The number of furan rings is 1. The van der Waals surface area contributed by atoms with Crippen molar-refractivity contribution in [2.24, 2.45) is 0 Å². The summed E-state index contributed by atoms with van der Waals surface area (Å²) in [5.74, 6) is 0.0948. The highest BCUT2D eigenvalue weighted by molar-refractivity contribution is 5.95. The van der Waals surface area contributed by atoms with Gasteiger partial charge in [-0.25, -0.2) is 4.68 Å². The number of likely N-dealkylation sites (N-methyl/N-ethyl adjacent to an activating group) is 2. The van der Waals surface area contributed by atoms with Gasteiger partial charge in [0, 0.05) is 37.3 Å². The van der Waals surface area contributed by atoms with Crippen LogP contribution in [-0.2, 0) is 9.59 Å². The molecule has 0 fully saturated rings. The van der Waals surface area contributed by atoms with E-state index < -0.39 is 0 Å². The first-order valence-electron chi connectivity index (χ1n) is 9.83. The third-order valence-corrected chi connectivity index (χ3v) is 4.86. The largest absolute Gasteiger partial charge is 0.454 e. The van der Waals surface area contributed by atoms with Crippen LogP contribution in [0, 0.1) is 0 Å². The number of fused-ring (bicyclic) bond motifs is 1. The van der Waals surface area contributed by atoms with Crippen LogP contribution in [0.3, 0.4) is 0 Å². The van der Waals surface area contributed by atoms with Crippen molar-refractivity contribution >= 4 is 28.9 Å². The Kier molecular flexibility index (Phi) is 5.66. The number of nitrogens with zero attached hydrogens (tertiary/aromatic N) is 3. The summed E-state index contributed by atoms with van der Waals surface area (Å²) in [5.41, 5.74) is 3.01. The predicted molar refractivity (Wildman–Crippen MR) is 120 cm³/mol. The molecule has 2 aromatic carbocycles. The first-order chi connectivity index (χ1) is 15.0. The maximum absolute atomic E-state index is 12.4. The summed E-state index contributed by atoms with van der Waals surface area (Å²) in [7, 11) is 3.11. The molecule has 0 radical (unpaired) electrons. The molecule has 31 heavy (non-hydrogen) atoms. The SMILES string of the molecule is CNC(=O)CN(C)C(=O)/C=C/c1cn(-c2ccccc2)nc1-c1cc2ccccc2o1. The van der Waals surface area contributed by atoms with Gasteiger partial charge in [-0.2, -0.15) is 5.10 Å². The number of benzene rings is 2. The quantitative estimate of drug-likeness (QED) is 0.490. The molecule has 1 N–H and O–H groups in total. The number of amides is 2. The topological polar surface area (TPSA) is 80.4 Å². The molecule has 7 nitrogen and oxygen atoms in total. The van der Waals surface area contributed by atoms with E-state index in [0.29, 0.717) is 11.5 Å². The van der Waals surface area contributed by atoms with Crippen molar-refractivity contribution in [3.05, 3.63) is 78.5 Å². The van der Waals surface area contributed by atoms with Crippen molar-refractivity contribution < 1.29 is 14.0 Å². The van der Waals surface area contributed by atoms with E-state index >= 15 is 0 Å². The van der Waals surface area contributed by atoms with E-state index in [2.05, 4.69) is 5.32 Å². The number of rotatable bonds is 6. The highest BCUT2D eigenvalue weighted by Gasteiger charge is 2.16. The molecule has 2 heterocycles. The van der Waals surface area contributed by atoms with Gasteiger partial charge in [0.05, 0.1) is 12.2 Å². The number of hydrogen-bond acceptors (Lipinski definition) is 4. The van der Waals surface area contributed by atoms with Gasteiger partial charge < -0.3 is 14.6 Å². The van der Waals surface area contributed by atoms with E-state index in [4.69, 9.17) is 9.52 Å². The second kappa shape index (κ2) is 8.71. The molecule has 0 aliphatic heterocycles. The van der Waals surface area contributed by atoms with Crippen molar-refractivity contribution in [2.45, 2.75) is 0 Å². The van der Waals surface area contributed by atoms with Crippen LogP contribution in [0.2, 0.25) is 0 Å². The third kappa shape index (κ3) is 4.40. The summed E-state index contributed by atoms with van der Waals surface area (Å²) >= 11 is 0. The van der Waals surface area contributed by atoms with E-state index in [1.54, 1.807) is 17.8 Å². The predicted octanol–water partition coefficient (Wildman–Crippen LogP) is 3.50. The summed E-state index contributed by atoms with van der Waals surface area (Å²) in [5, 5.41) is 8.19.